The second-order valence-electron chi connectivity index (χ2n) is 8.68. The summed E-state index contributed by atoms with van der Waals surface area (Å²) in [4.78, 5) is 27.8. The minimum atomic E-state index is -3.76. The number of anilines is 1. The van der Waals surface area contributed by atoms with Crippen LogP contribution in [0.3, 0.4) is 0 Å². The number of rotatable bonds is 10. The van der Waals surface area contributed by atoms with Crippen LogP contribution in [0, 0.1) is 13.8 Å². The van der Waals surface area contributed by atoms with Crippen molar-refractivity contribution in [2.45, 2.75) is 59.7 Å². The smallest absolute Gasteiger partial charge is 0.244 e. The van der Waals surface area contributed by atoms with Crippen LogP contribution in [0.15, 0.2) is 42.5 Å². The number of benzene rings is 2. The maximum absolute atomic E-state index is 13.5. The van der Waals surface area contributed by atoms with Crippen molar-refractivity contribution in [3.05, 3.63) is 64.2 Å². The molecule has 2 rings (SSSR count). The summed E-state index contributed by atoms with van der Waals surface area (Å²) in [6.45, 7) is 8.98. The number of sulfonamides is 1. The van der Waals surface area contributed by atoms with Crippen LogP contribution in [0.4, 0.5) is 5.69 Å². The Kier molecular flexibility index (Phi) is 9.53. The Balaban J connectivity index is 2.41. The van der Waals surface area contributed by atoms with E-state index in [1.54, 1.807) is 37.3 Å². The van der Waals surface area contributed by atoms with Gasteiger partial charge in [-0.1, -0.05) is 36.7 Å². The van der Waals surface area contributed by atoms with Gasteiger partial charge in [-0.2, -0.15) is 0 Å². The Morgan fingerprint density at radius 1 is 1.06 bits per heavy atom. The normalized spacial score (nSPS) is 13.1. The van der Waals surface area contributed by atoms with Gasteiger partial charge in [-0.3, -0.25) is 13.9 Å². The number of aryl methyl sites for hydroxylation is 2. The van der Waals surface area contributed by atoms with Gasteiger partial charge in [-0.15, -0.1) is 0 Å². The van der Waals surface area contributed by atoms with Gasteiger partial charge >= 0.3 is 0 Å². The van der Waals surface area contributed by atoms with Gasteiger partial charge in [-0.05, 0) is 75.1 Å². The zero-order chi connectivity index (χ0) is 25.6. The van der Waals surface area contributed by atoms with Crippen LogP contribution in [-0.2, 0) is 26.2 Å². The average Bonchev–Trinajstić information content (AvgIpc) is 2.76. The first-order chi connectivity index (χ1) is 15.8. The summed E-state index contributed by atoms with van der Waals surface area (Å²) in [6.07, 6.45) is 1.81. The largest absolute Gasteiger partial charge is 0.352 e. The van der Waals surface area contributed by atoms with Crippen molar-refractivity contribution >= 4 is 39.1 Å². The Morgan fingerprint density at radius 3 is 2.29 bits per heavy atom. The summed E-state index contributed by atoms with van der Waals surface area (Å²) in [7, 11) is -3.76. The molecule has 9 heteroatoms. The lowest BCUT2D eigenvalue weighted by Gasteiger charge is -2.32. The highest BCUT2D eigenvalue weighted by Crippen LogP contribution is 2.22. The molecule has 1 N–H and O–H groups in total. The van der Waals surface area contributed by atoms with Crippen molar-refractivity contribution in [3.8, 4) is 0 Å². The van der Waals surface area contributed by atoms with Crippen molar-refractivity contribution in [2.24, 2.45) is 0 Å². The van der Waals surface area contributed by atoms with Gasteiger partial charge in [0.25, 0.3) is 0 Å². The van der Waals surface area contributed by atoms with E-state index >= 15 is 0 Å². The zero-order valence-corrected chi connectivity index (χ0v) is 22.2. The molecule has 0 saturated heterocycles. The molecule has 0 fully saturated rings. The SMILES string of the molecule is CC[C@H](C)NC(=O)[C@H](C)N(Cc1cccc(Cl)c1)C(=O)CN(c1ccc(C)c(C)c1)S(C)(=O)=O. The number of amides is 2. The van der Waals surface area contributed by atoms with Gasteiger partial charge in [0.05, 0.1) is 11.9 Å². The first-order valence-corrected chi connectivity index (χ1v) is 13.4. The molecule has 0 aliphatic heterocycles. The monoisotopic (exact) mass is 507 g/mol. The van der Waals surface area contributed by atoms with Crippen molar-refractivity contribution in [1.29, 1.82) is 0 Å². The molecule has 0 aliphatic carbocycles. The van der Waals surface area contributed by atoms with Gasteiger partial charge in [-0.25, -0.2) is 8.42 Å². The molecule has 2 amide bonds. The second kappa shape index (κ2) is 11.7. The molecule has 2 aromatic carbocycles. The third kappa shape index (κ3) is 7.46. The molecule has 2 aromatic rings. The molecule has 0 heterocycles. The highest BCUT2D eigenvalue weighted by Gasteiger charge is 2.30. The fourth-order valence-corrected chi connectivity index (χ4v) is 4.43. The summed E-state index contributed by atoms with van der Waals surface area (Å²) >= 11 is 6.12. The predicted molar refractivity (Wildman–Crippen MR) is 137 cm³/mol. The van der Waals surface area contributed by atoms with Crippen molar-refractivity contribution in [1.82, 2.24) is 10.2 Å². The van der Waals surface area contributed by atoms with E-state index in [1.807, 2.05) is 39.8 Å². The number of carbonyl (C=O) groups excluding carboxylic acids is 2. The van der Waals surface area contributed by atoms with Gasteiger partial charge in [0.2, 0.25) is 21.8 Å². The van der Waals surface area contributed by atoms with Crippen molar-refractivity contribution < 1.29 is 18.0 Å². The van der Waals surface area contributed by atoms with Crippen LogP contribution in [0.25, 0.3) is 0 Å². The molecule has 0 aliphatic rings. The molecule has 2 atom stereocenters. The second-order valence-corrected chi connectivity index (χ2v) is 11.0. The molecule has 0 bridgehead atoms. The Bertz CT molecular complexity index is 1140. The van der Waals surface area contributed by atoms with E-state index in [-0.39, 0.29) is 18.5 Å². The van der Waals surface area contributed by atoms with E-state index in [9.17, 15) is 18.0 Å². The number of halogens is 1. The summed E-state index contributed by atoms with van der Waals surface area (Å²) in [5.41, 5.74) is 3.07. The van der Waals surface area contributed by atoms with Gasteiger partial charge in [0.15, 0.2) is 0 Å². The first kappa shape index (κ1) is 27.7. The quantitative estimate of drug-likeness (QED) is 0.525. The molecular weight excluding hydrogens is 474 g/mol. The molecule has 7 nitrogen and oxygen atoms in total. The lowest BCUT2D eigenvalue weighted by molar-refractivity contribution is -0.139. The zero-order valence-electron chi connectivity index (χ0n) is 20.6. The molecule has 0 radical (unpaired) electrons. The molecular formula is C25H34ClN3O4S. The average molecular weight is 508 g/mol. The number of hydrogen-bond donors (Lipinski definition) is 1. The van der Waals surface area contributed by atoms with Gasteiger partial charge in [0, 0.05) is 17.6 Å². The standard InChI is InChI=1S/C25H34ClN3O4S/c1-7-19(4)27-25(31)20(5)28(15-21-9-8-10-22(26)14-21)24(30)16-29(34(6,32)33)23-12-11-17(2)18(3)13-23/h8-14,19-20H,7,15-16H2,1-6H3,(H,27,31)/t19-,20-/m0/s1. The molecule has 0 aromatic heterocycles. The lowest BCUT2D eigenvalue weighted by atomic mass is 10.1. The van der Waals surface area contributed by atoms with Crippen molar-refractivity contribution in [2.75, 3.05) is 17.1 Å². The summed E-state index contributed by atoms with van der Waals surface area (Å²) in [5, 5.41) is 3.41. The van der Waals surface area contributed by atoms with Gasteiger partial charge < -0.3 is 10.2 Å². The third-order valence-corrected chi connectivity index (χ3v) is 7.24. The van der Waals surface area contributed by atoms with Crippen molar-refractivity contribution in [3.63, 3.8) is 0 Å². The number of hydrogen-bond acceptors (Lipinski definition) is 4. The Hall–Kier alpha value is -2.58. The maximum Gasteiger partial charge on any atom is 0.244 e. The van der Waals surface area contributed by atoms with Crippen LogP contribution >= 0.6 is 11.6 Å². The minimum Gasteiger partial charge on any atom is -0.352 e. The summed E-state index contributed by atoms with van der Waals surface area (Å²) < 4.78 is 26.3. The van der Waals surface area contributed by atoms with Crippen LogP contribution in [0.2, 0.25) is 5.02 Å². The van der Waals surface area contributed by atoms with E-state index in [0.717, 1.165) is 33.7 Å². The Labute approximate surface area is 208 Å². The number of carbonyl (C=O) groups is 2. The predicted octanol–water partition coefficient (Wildman–Crippen LogP) is 4.05. The molecule has 0 saturated carbocycles. The number of nitrogens with one attached hydrogen (secondary N) is 1. The van der Waals surface area contributed by atoms with E-state index in [2.05, 4.69) is 5.32 Å². The molecule has 0 unspecified atom stereocenters. The van der Waals surface area contributed by atoms with E-state index in [1.165, 1.54) is 4.90 Å². The highest BCUT2D eigenvalue weighted by molar-refractivity contribution is 7.92. The Morgan fingerprint density at radius 2 is 1.74 bits per heavy atom. The molecule has 34 heavy (non-hydrogen) atoms. The summed E-state index contributed by atoms with van der Waals surface area (Å²) in [6, 6.07) is 11.4. The lowest BCUT2D eigenvalue weighted by Crippen LogP contribution is -2.52. The number of nitrogens with zero attached hydrogens (tertiary/aromatic N) is 2. The first-order valence-electron chi connectivity index (χ1n) is 11.2. The van der Waals surface area contributed by atoms with Crippen LogP contribution < -0.4 is 9.62 Å². The van der Waals surface area contributed by atoms with E-state index < -0.39 is 28.5 Å². The maximum atomic E-state index is 13.5. The highest BCUT2D eigenvalue weighted by atomic mass is 35.5. The third-order valence-electron chi connectivity index (χ3n) is 5.87. The fourth-order valence-electron chi connectivity index (χ4n) is 3.37. The van der Waals surface area contributed by atoms with Crippen LogP contribution in [0.5, 0.6) is 0 Å². The van der Waals surface area contributed by atoms with E-state index in [4.69, 9.17) is 11.6 Å². The topological polar surface area (TPSA) is 86.8 Å². The van der Waals surface area contributed by atoms with Crippen LogP contribution in [-0.4, -0.2) is 50.0 Å². The summed E-state index contributed by atoms with van der Waals surface area (Å²) in [5.74, 6) is -0.794. The molecule has 0 spiro atoms. The van der Waals surface area contributed by atoms with Gasteiger partial charge in [0.1, 0.15) is 12.6 Å². The molecule has 186 valence electrons. The van der Waals surface area contributed by atoms with Crippen LogP contribution in [0.1, 0.15) is 43.9 Å². The minimum absolute atomic E-state index is 0.0545. The fraction of sp³-hybridized carbons (Fsp3) is 0.440. The van der Waals surface area contributed by atoms with E-state index in [0.29, 0.717) is 10.7 Å².